The summed E-state index contributed by atoms with van der Waals surface area (Å²) >= 11 is 11.9. The molecule has 43 heavy (non-hydrogen) atoms. The van der Waals surface area contributed by atoms with Gasteiger partial charge in [0, 0.05) is 30.4 Å². The summed E-state index contributed by atoms with van der Waals surface area (Å²) in [4.78, 5) is 10.3. The summed E-state index contributed by atoms with van der Waals surface area (Å²) in [6.45, 7) is 1.66. The number of phenols is 1. The van der Waals surface area contributed by atoms with Gasteiger partial charge in [-0.1, -0.05) is 76.8 Å². The molecule has 5 aromatic rings. The highest BCUT2D eigenvalue weighted by Gasteiger charge is 2.30. The Kier molecular flexibility index (Phi) is 9.10. The lowest BCUT2D eigenvalue weighted by molar-refractivity contribution is -0.137. The lowest BCUT2D eigenvalue weighted by atomic mass is 10.1. The molecule has 5 rings (SSSR count). The predicted molar refractivity (Wildman–Crippen MR) is 158 cm³/mol. The standard InChI is InChI=1S/C31H24Cl2F3N5O2/c1-41(17-20-6-8-22(9-7-20)27-11-10-24(14-37-27)31(34,35)36)16-19-2-4-21(5-3-19)18-43-30-38-15-28(39-40-30)23-12-25(32)29(42)26(33)13-23/h2-15,42H,16-18H2,1H3. The van der Waals surface area contributed by atoms with E-state index in [9.17, 15) is 18.3 Å². The van der Waals surface area contributed by atoms with Gasteiger partial charge in [0.2, 0.25) is 0 Å². The third-order valence-corrected chi connectivity index (χ3v) is 7.07. The molecular weight excluding hydrogens is 602 g/mol. The normalized spacial score (nSPS) is 11.6. The Labute approximate surface area is 255 Å². The van der Waals surface area contributed by atoms with Crippen molar-refractivity contribution in [3.8, 4) is 34.3 Å². The molecule has 1 N–H and O–H groups in total. The maximum atomic E-state index is 12.8. The van der Waals surface area contributed by atoms with Gasteiger partial charge in [0.15, 0.2) is 5.75 Å². The van der Waals surface area contributed by atoms with Gasteiger partial charge in [-0.3, -0.25) is 9.88 Å². The van der Waals surface area contributed by atoms with Crippen molar-refractivity contribution < 1.29 is 23.0 Å². The molecule has 0 amide bonds. The Morgan fingerprint density at radius 1 is 0.744 bits per heavy atom. The van der Waals surface area contributed by atoms with Gasteiger partial charge in [-0.15, -0.1) is 5.10 Å². The second-order valence-electron chi connectivity index (χ2n) is 9.82. The molecule has 2 heterocycles. The number of aromatic nitrogens is 4. The van der Waals surface area contributed by atoms with Crippen molar-refractivity contribution in [2.24, 2.45) is 0 Å². The third kappa shape index (κ3) is 7.78. The summed E-state index contributed by atoms with van der Waals surface area (Å²) in [5, 5.41) is 18.0. The van der Waals surface area contributed by atoms with E-state index in [-0.39, 0.29) is 28.4 Å². The van der Waals surface area contributed by atoms with Gasteiger partial charge in [-0.2, -0.15) is 13.2 Å². The Morgan fingerprint density at radius 2 is 1.35 bits per heavy atom. The molecule has 0 radical (unpaired) electrons. The van der Waals surface area contributed by atoms with Gasteiger partial charge in [0.05, 0.1) is 27.5 Å². The van der Waals surface area contributed by atoms with E-state index in [4.69, 9.17) is 27.9 Å². The summed E-state index contributed by atoms with van der Waals surface area (Å²) in [7, 11) is 2.01. The van der Waals surface area contributed by atoms with Crippen LogP contribution >= 0.6 is 23.2 Å². The molecule has 220 valence electrons. The van der Waals surface area contributed by atoms with E-state index < -0.39 is 11.7 Å². The minimum absolute atomic E-state index is 0.102. The van der Waals surface area contributed by atoms with Crippen LogP contribution in [-0.4, -0.2) is 37.2 Å². The van der Waals surface area contributed by atoms with E-state index in [2.05, 4.69) is 25.1 Å². The number of phenolic OH excluding ortho intramolecular Hbond substituents is 1. The lowest BCUT2D eigenvalue weighted by Gasteiger charge is -2.17. The molecule has 0 atom stereocenters. The fraction of sp³-hybridized carbons (Fsp3) is 0.161. The number of benzene rings is 3. The second-order valence-corrected chi connectivity index (χ2v) is 10.6. The number of hydrogen-bond donors (Lipinski definition) is 1. The van der Waals surface area contributed by atoms with E-state index in [1.54, 1.807) is 0 Å². The molecule has 0 unspecified atom stereocenters. The first-order valence-electron chi connectivity index (χ1n) is 12.9. The van der Waals surface area contributed by atoms with Crippen LogP contribution in [-0.2, 0) is 25.9 Å². The first-order valence-corrected chi connectivity index (χ1v) is 13.7. The fourth-order valence-corrected chi connectivity index (χ4v) is 4.74. The molecule has 0 aliphatic heterocycles. The van der Waals surface area contributed by atoms with Crippen molar-refractivity contribution in [2.75, 3.05) is 7.05 Å². The summed E-state index contributed by atoms with van der Waals surface area (Å²) in [5.41, 5.74) is 4.58. The van der Waals surface area contributed by atoms with Crippen molar-refractivity contribution in [1.29, 1.82) is 0 Å². The quantitative estimate of drug-likeness (QED) is 0.179. The number of pyridine rings is 1. The van der Waals surface area contributed by atoms with Gasteiger partial charge < -0.3 is 9.84 Å². The third-order valence-electron chi connectivity index (χ3n) is 6.49. The number of hydrogen-bond acceptors (Lipinski definition) is 7. The smallest absolute Gasteiger partial charge is 0.417 e. The van der Waals surface area contributed by atoms with E-state index >= 15 is 0 Å². The van der Waals surface area contributed by atoms with Crippen LogP contribution in [0.4, 0.5) is 13.2 Å². The molecule has 0 saturated heterocycles. The average Bonchev–Trinajstić information content (AvgIpc) is 2.99. The number of alkyl halides is 3. The van der Waals surface area contributed by atoms with Crippen LogP contribution in [0.25, 0.3) is 22.5 Å². The molecule has 0 aliphatic rings. The zero-order chi connectivity index (χ0) is 30.6. The lowest BCUT2D eigenvalue weighted by Crippen LogP contribution is -2.17. The van der Waals surface area contributed by atoms with E-state index in [1.165, 1.54) is 24.4 Å². The monoisotopic (exact) mass is 625 g/mol. The van der Waals surface area contributed by atoms with Gasteiger partial charge in [-0.25, -0.2) is 4.98 Å². The van der Waals surface area contributed by atoms with Crippen LogP contribution in [0, 0.1) is 0 Å². The molecule has 0 aliphatic carbocycles. The highest BCUT2D eigenvalue weighted by atomic mass is 35.5. The van der Waals surface area contributed by atoms with Crippen molar-refractivity contribution >= 4 is 23.2 Å². The first kappa shape index (κ1) is 30.2. The first-order chi connectivity index (χ1) is 20.5. The molecular formula is C31H24Cl2F3N5O2. The molecule has 7 nitrogen and oxygen atoms in total. The minimum atomic E-state index is -4.41. The number of ether oxygens (including phenoxy) is 1. The van der Waals surface area contributed by atoms with E-state index in [0.29, 0.717) is 30.0 Å². The van der Waals surface area contributed by atoms with Gasteiger partial charge in [-0.05, 0) is 48.0 Å². The predicted octanol–water partition coefficient (Wildman–Crippen LogP) is 7.84. The molecule has 0 saturated carbocycles. The van der Waals surface area contributed by atoms with Crippen molar-refractivity contribution in [2.45, 2.75) is 25.9 Å². The summed E-state index contributed by atoms with van der Waals surface area (Å²) in [6, 6.07) is 21.2. The zero-order valence-corrected chi connectivity index (χ0v) is 24.2. The van der Waals surface area contributed by atoms with Crippen LogP contribution in [0.5, 0.6) is 11.8 Å². The van der Waals surface area contributed by atoms with Gasteiger partial charge >= 0.3 is 12.2 Å². The minimum Gasteiger partial charge on any atom is -0.505 e. The molecule has 0 fully saturated rings. The topological polar surface area (TPSA) is 84.3 Å². The Balaban J connectivity index is 1.11. The number of aromatic hydroxyl groups is 1. The Hall–Kier alpha value is -4.25. The van der Waals surface area contributed by atoms with Gasteiger partial charge in [0.25, 0.3) is 0 Å². The van der Waals surface area contributed by atoms with E-state index in [1.807, 2.05) is 55.6 Å². The highest BCUT2D eigenvalue weighted by molar-refractivity contribution is 6.37. The maximum Gasteiger partial charge on any atom is 0.417 e. The Morgan fingerprint density at radius 3 is 1.88 bits per heavy atom. The second kappa shape index (κ2) is 12.9. The number of rotatable bonds is 9. The SMILES string of the molecule is CN(Cc1ccc(COc2ncc(-c3cc(Cl)c(O)c(Cl)c3)nn2)cc1)Cc1ccc(-c2ccc(C(F)(F)F)cn2)cc1. The van der Waals surface area contributed by atoms with E-state index in [0.717, 1.165) is 34.5 Å². The van der Waals surface area contributed by atoms with Crippen LogP contribution < -0.4 is 4.74 Å². The zero-order valence-electron chi connectivity index (χ0n) is 22.7. The summed E-state index contributed by atoms with van der Waals surface area (Å²) in [6.07, 6.45) is -2.07. The molecule has 0 bridgehead atoms. The molecule has 3 aromatic carbocycles. The number of halogens is 5. The fourth-order valence-electron chi connectivity index (χ4n) is 4.26. The highest BCUT2D eigenvalue weighted by Crippen LogP contribution is 2.35. The Bertz CT molecular complexity index is 1660. The summed E-state index contributed by atoms with van der Waals surface area (Å²) < 4.78 is 44.0. The van der Waals surface area contributed by atoms with Crippen molar-refractivity contribution in [3.05, 3.63) is 117 Å². The van der Waals surface area contributed by atoms with Crippen LogP contribution in [0.2, 0.25) is 10.0 Å². The van der Waals surface area contributed by atoms with Crippen LogP contribution in [0.3, 0.4) is 0 Å². The average molecular weight is 626 g/mol. The van der Waals surface area contributed by atoms with Crippen molar-refractivity contribution in [3.63, 3.8) is 0 Å². The molecule has 12 heteroatoms. The molecule has 2 aromatic heterocycles. The summed E-state index contributed by atoms with van der Waals surface area (Å²) in [5.74, 6) is -0.199. The van der Waals surface area contributed by atoms with Crippen LogP contribution in [0.15, 0.2) is 85.2 Å². The van der Waals surface area contributed by atoms with Gasteiger partial charge in [0.1, 0.15) is 12.3 Å². The van der Waals surface area contributed by atoms with Crippen molar-refractivity contribution in [1.82, 2.24) is 25.1 Å². The maximum absolute atomic E-state index is 12.8. The largest absolute Gasteiger partial charge is 0.505 e. The van der Waals surface area contributed by atoms with Crippen LogP contribution in [0.1, 0.15) is 22.3 Å². The molecule has 0 spiro atoms. The number of nitrogens with zero attached hydrogens (tertiary/aromatic N) is 5.